The number of benzene rings is 2. The molecule has 4 aromatic rings. The number of para-hydroxylation sites is 1. The van der Waals surface area contributed by atoms with Crippen LogP contribution >= 0.6 is 11.6 Å². The zero-order valence-corrected chi connectivity index (χ0v) is 12.0. The van der Waals surface area contributed by atoms with Gasteiger partial charge in [-0.3, -0.25) is 0 Å². The molecule has 3 nitrogen and oxygen atoms in total. The maximum Gasteiger partial charge on any atom is 0.160 e. The van der Waals surface area contributed by atoms with E-state index in [4.69, 9.17) is 16.6 Å². The van der Waals surface area contributed by atoms with Gasteiger partial charge in [0.25, 0.3) is 0 Å². The molecule has 0 radical (unpaired) electrons. The lowest BCUT2D eigenvalue weighted by atomic mass is 10.2. The molecule has 102 valence electrons. The van der Waals surface area contributed by atoms with Gasteiger partial charge in [-0.2, -0.15) is 5.10 Å². The van der Waals surface area contributed by atoms with Crippen molar-refractivity contribution in [2.45, 2.75) is 6.54 Å². The van der Waals surface area contributed by atoms with Crippen molar-refractivity contribution in [1.29, 1.82) is 0 Å². The van der Waals surface area contributed by atoms with Gasteiger partial charge < -0.3 is 0 Å². The molecule has 0 atom stereocenters. The van der Waals surface area contributed by atoms with Gasteiger partial charge in [0.1, 0.15) is 0 Å². The van der Waals surface area contributed by atoms with E-state index in [-0.39, 0.29) is 0 Å². The van der Waals surface area contributed by atoms with Crippen molar-refractivity contribution >= 4 is 33.5 Å². The molecule has 2 aromatic carbocycles. The van der Waals surface area contributed by atoms with E-state index in [9.17, 15) is 0 Å². The molecule has 4 rings (SSSR count). The molecule has 21 heavy (non-hydrogen) atoms. The van der Waals surface area contributed by atoms with Gasteiger partial charge in [-0.1, -0.05) is 60.1 Å². The molecular weight excluding hydrogens is 282 g/mol. The van der Waals surface area contributed by atoms with Crippen molar-refractivity contribution in [2.75, 3.05) is 0 Å². The van der Waals surface area contributed by atoms with Crippen LogP contribution < -0.4 is 0 Å². The number of hydrogen-bond donors (Lipinski definition) is 0. The molecule has 0 unspecified atom stereocenters. The minimum absolute atomic E-state index is 0.687. The normalized spacial score (nSPS) is 11.3. The first kappa shape index (κ1) is 12.4. The van der Waals surface area contributed by atoms with E-state index < -0.39 is 0 Å². The maximum atomic E-state index is 6.50. The van der Waals surface area contributed by atoms with Gasteiger partial charge in [-0.05, 0) is 11.6 Å². The largest absolute Gasteiger partial charge is 0.243 e. The van der Waals surface area contributed by atoms with Gasteiger partial charge in [-0.15, -0.1) is 0 Å². The minimum Gasteiger partial charge on any atom is -0.243 e. The summed E-state index contributed by atoms with van der Waals surface area (Å²) in [5.74, 6) is 0. The third-order valence-corrected chi connectivity index (χ3v) is 4.00. The second-order valence-corrected chi connectivity index (χ2v) is 5.35. The lowest BCUT2D eigenvalue weighted by Gasteiger charge is -2.05. The van der Waals surface area contributed by atoms with E-state index in [1.807, 2.05) is 47.1 Å². The standard InChI is InChI=1S/C17H12ClN3/c18-16-13-8-4-5-9-15(13)20-17-14(16)10-19-21(17)11-12-6-2-1-3-7-12/h1-10H,11H2. The van der Waals surface area contributed by atoms with Crippen LogP contribution in [0.15, 0.2) is 60.8 Å². The lowest BCUT2D eigenvalue weighted by Crippen LogP contribution is -2.02. The van der Waals surface area contributed by atoms with Crippen molar-refractivity contribution in [3.05, 3.63) is 71.4 Å². The molecule has 0 bridgehead atoms. The Kier molecular flexibility index (Phi) is 2.86. The van der Waals surface area contributed by atoms with Crippen LogP contribution in [0.5, 0.6) is 0 Å². The first-order valence-corrected chi connectivity index (χ1v) is 7.14. The summed E-state index contributed by atoms with van der Waals surface area (Å²) in [5, 5.41) is 7.02. The van der Waals surface area contributed by atoms with E-state index >= 15 is 0 Å². The number of nitrogens with zero attached hydrogens (tertiary/aromatic N) is 3. The molecule has 0 aliphatic rings. The van der Waals surface area contributed by atoms with E-state index in [0.717, 1.165) is 27.0 Å². The second-order valence-electron chi connectivity index (χ2n) is 4.97. The van der Waals surface area contributed by atoms with Crippen LogP contribution in [0.25, 0.3) is 21.9 Å². The molecule has 2 heterocycles. The monoisotopic (exact) mass is 293 g/mol. The summed E-state index contributed by atoms with van der Waals surface area (Å²) < 4.78 is 1.89. The molecule has 0 saturated heterocycles. The molecule has 2 aromatic heterocycles. The second kappa shape index (κ2) is 4.86. The van der Waals surface area contributed by atoms with Crippen molar-refractivity contribution in [3.63, 3.8) is 0 Å². The van der Waals surface area contributed by atoms with E-state index in [2.05, 4.69) is 17.2 Å². The van der Waals surface area contributed by atoms with Gasteiger partial charge in [-0.25, -0.2) is 9.67 Å². The number of pyridine rings is 1. The van der Waals surface area contributed by atoms with Crippen LogP contribution in [0.1, 0.15) is 5.56 Å². The smallest absolute Gasteiger partial charge is 0.160 e. The summed E-state index contributed by atoms with van der Waals surface area (Å²) >= 11 is 6.50. The summed E-state index contributed by atoms with van der Waals surface area (Å²) in [6.45, 7) is 0.687. The molecule has 4 heteroatoms. The first-order valence-electron chi connectivity index (χ1n) is 6.76. The molecule has 0 fully saturated rings. The number of rotatable bonds is 2. The Balaban J connectivity index is 1.91. The zero-order valence-electron chi connectivity index (χ0n) is 11.2. The van der Waals surface area contributed by atoms with Gasteiger partial charge in [0, 0.05) is 5.39 Å². The maximum absolute atomic E-state index is 6.50. The fraction of sp³-hybridized carbons (Fsp3) is 0.0588. The summed E-state index contributed by atoms with van der Waals surface area (Å²) in [7, 11) is 0. The molecule has 0 amide bonds. The fourth-order valence-electron chi connectivity index (χ4n) is 2.54. The number of halogens is 1. The Labute approximate surface area is 126 Å². The highest BCUT2D eigenvalue weighted by Gasteiger charge is 2.11. The number of hydrogen-bond acceptors (Lipinski definition) is 2. The zero-order chi connectivity index (χ0) is 14.2. The summed E-state index contributed by atoms with van der Waals surface area (Å²) in [5.41, 5.74) is 2.90. The molecule has 0 N–H and O–H groups in total. The Bertz CT molecular complexity index is 929. The SMILES string of the molecule is Clc1c2ccccc2nc2c1cnn2Cc1ccccc1. The summed E-state index contributed by atoms with van der Waals surface area (Å²) in [4.78, 5) is 4.71. The molecule has 0 aliphatic heterocycles. The van der Waals surface area contributed by atoms with Crippen LogP contribution in [0.4, 0.5) is 0 Å². The third-order valence-electron chi connectivity index (χ3n) is 3.59. The van der Waals surface area contributed by atoms with Crippen molar-refractivity contribution in [2.24, 2.45) is 0 Å². The first-order chi connectivity index (χ1) is 10.3. The highest BCUT2D eigenvalue weighted by molar-refractivity contribution is 6.40. The number of aromatic nitrogens is 3. The third kappa shape index (κ3) is 2.06. The van der Waals surface area contributed by atoms with Crippen LogP contribution in [0.3, 0.4) is 0 Å². The fourth-order valence-corrected chi connectivity index (χ4v) is 2.83. The van der Waals surface area contributed by atoms with Crippen molar-refractivity contribution in [3.8, 4) is 0 Å². The average Bonchev–Trinajstić information content (AvgIpc) is 2.92. The van der Waals surface area contributed by atoms with Crippen LogP contribution in [0.2, 0.25) is 5.02 Å². The Morgan fingerprint density at radius 2 is 1.67 bits per heavy atom. The van der Waals surface area contributed by atoms with Gasteiger partial charge in [0.15, 0.2) is 5.65 Å². The van der Waals surface area contributed by atoms with E-state index in [1.165, 1.54) is 5.56 Å². The van der Waals surface area contributed by atoms with E-state index in [0.29, 0.717) is 6.54 Å². The Morgan fingerprint density at radius 1 is 0.905 bits per heavy atom. The molecular formula is C17H12ClN3. The van der Waals surface area contributed by atoms with Crippen LogP contribution in [-0.2, 0) is 6.54 Å². The number of fused-ring (bicyclic) bond motifs is 2. The van der Waals surface area contributed by atoms with Crippen molar-refractivity contribution < 1.29 is 0 Å². The van der Waals surface area contributed by atoms with Crippen molar-refractivity contribution in [1.82, 2.24) is 14.8 Å². The van der Waals surface area contributed by atoms with E-state index in [1.54, 1.807) is 6.20 Å². The topological polar surface area (TPSA) is 30.7 Å². The molecule has 0 spiro atoms. The predicted molar refractivity (Wildman–Crippen MR) is 85.6 cm³/mol. The van der Waals surface area contributed by atoms with Gasteiger partial charge >= 0.3 is 0 Å². The highest BCUT2D eigenvalue weighted by atomic mass is 35.5. The Morgan fingerprint density at radius 3 is 2.52 bits per heavy atom. The van der Waals surface area contributed by atoms with Crippen LogP contribution in [-0.4, -0.2) is 14.8 Å². The minimum atomic E-state index is 0.687. The molecule has 0 aliphatic carbocycles. The average molecular weight is 294 g/mol. The predicted octanol–water partition coefficient (Wildman–Crippen LogP) is 4.29. The molecule has 0 saturated carbocycles. The Hall–Kier alpha value is -2.39. The lowest BCUT2D eigenvalue weighted by molar-refractivity contribution is 0.705. The highest BCUT2D eigenvalue weighted by Crippen LogP contribution is 2.30. The van der Waals surface area contributed by atoms with Gasteiger partial charge in [0.05, 0.1) is 28.7 Å². The summed E-state index contributed by atoms with van der Waals surface area (Å²) in [6.07, 6.45) is 1.79. The summed E-state index contributed by atoms with van der Waals surface area (Å²) in [6, 6.07) is 18.1. The van der Waals surface area contributed by atoms with Crippen LogP contribution in [0, 0.1) is 0 Å². The quantitative estimate of drug-likeness (QED) is 0.552. The van der Waals surface area contributed by atoms with Gasteiger partial charge in [0.2, 0.25) is 0 Å².